The molecule has 3 fully saturated rings. The second kappa shape index (κ2) is 8.92. The van der Waals surface area contributed by atoms with E-state index < -0.39 is 0 Å². The van der Waals surface area contributed by atoms with Gasteiger partial charge in [-0.3, -0.25) is 4.79 Å². The summed E-state index contributed by atoms with van der Waals surface area (Å²) in [5, 5.41) is 11.7. The van der Waals surface area contributed by atoms with Gasteiger partial charge in [0.1, 0.15) is 17.5 Å². The van der Waals surface area contributed by atoms with Gasteiger partial charge in [-0.25, -0.2) is 4.68 Å². The number of piperidine rings is 3. The normalized spacial score (nSPS) is 25.7. The van der Waals surface area contributed by atoms with Crippen LogP contribution in [0.5, 0.6) is 5.75 Å². The van der Waals surface area contributed by atoms with E-state index in [1.165, 1.54) is 4.90 Å². The summed E-state index contributed by atoms with van der Waals surface area (Å²) in [6.07, 6.45) is 4.21. The lowest BCUT2D eigenvalue weighted by Gasteiger charge is -2.46. The number of aromatic nitrogens is 3. The lowest BCUT2D eigenvalue weighted by Crippen LogP contribution is -3.20. The number of hydrogen-bond acceptors (Lipinski definition) is 5. The van der Waals surface area contributed by atoms with Gasteiger partial charge < -0.3 is 19.7 Å². The molecule has 1 aromatic heterocycles. The summed E-state index contributed by atoms with van der Waals surface area (Å²) in [7, 11) is 3.31. The van der Waals surface area contributed by atoms with Gasteiger partial charge in [0.15, 0.2) is 0 Å². The maximum atomic E-state index is 12.5. The molecular weight excluding hydrogens is 370 g/mol. The number of quaternary nitrogens is 1. The Balaban J connectivity index is 1.35. The number of rotatable bonds is 8. The summed E-state index contributed by atoms with van der Waals surface area (Å²) in [5.74, 6) is 1.60. The van der Waals surface area contributed by atoms with Crippen molar-refractivity contribution in [3.05, 3.63) is 30.5 Å². The van der Waals surface area contributed by atoms with Crippen LogP contribution >= 0.6 is 0 Å². The van der Waals surface area contributed by atoms with Crippen molar-refractivity contribution in [3.63, 3.8) is 0 Å². The first-order chi connectivity index (χ1) is 14.2. The van der Waals surface area contributed by atoms with Crippen molar-refractivity contribution >= 4 is 5.91 Å². The van der Waals surface area contributed by atoms with Crippen LogP contribution in [-0.4, -0.2) is 67.4 Å². The van der Waals surface area contributed by atoms with Crippen molar-refractivity contribution < 1.29 is 19.2 Å². The molecule has 156 valence electrons. The number of ether oxygens (including phenoxy) is 2. The predicted octanol–water partition coefficient (Wildman–Crippen LogP) is 0.00960. The third-order valence-corrected chi connectivity index (χ3v) is 6.33. The molecule has 3 aliphatic heterocycles. The molecule has 2 bridgehead atoms. The zero-order chi connectivity index (χ0) is 20.2. The summed E-state index contributed by atoms with van der Waals surface area (Å²) in [6, 6.07) is 8.35. The van der Waals surface area contributed by atoms with E-state index in [-0.39, 0.29) is 11.8 Å². The van der Waals surface area contributed by atoms with Gasteiger partial charge in [-0.2, -0.15) is 0 Å². The number of carbonyl (C=O) groups excluding carboxylic acids is 1. The fourth-order valence-corrected chi connectivity index (χ4v) is 4.73. The molecule has 5 rings (SSSR count). The molecule has 2 aromatic rings. The molecule has 1 amide bonds. The molecule has 3 saturated heterocycles. The number of benzene rings is 1. The Bertz CT molecular complexity index is 822. The smallest absolute Gasteiger partial charge is 0.229 e. The van der Waals surface area contributed by atoms with Crippen LogP contribution in [0.25, 0.3) is 11.3 Å². The van der Waals surface area contributed by atoms with Crippen molar-refractivity contribution in [2.45, 2.75) is 25.4 Å². The van der Waals surface area contributed by atoms with Crippen LogP contribution in [0.2, 0.25) is 0 Å². The fourth-order valence-electron chi connectivity index (χ4n) is 4.73. The Morgan fingerprint density at radius 2 is 2.14 bits per heavy atom. The largest absolute Gasteiger partial charge is 0.497 e. The van der Waals surface area contributed by atoms with E-state index in [0.29, 0.717) is 25.1 Å². The van der Waals surface area contributed by atoms with Crippen LogP contribution < -0.4 is 15.0 Å². The zero-order valence-electron chi connectivity index (χ0n) is 17.1. The Morgan fingerprint density at radius 1 is 1.31 bits per heavy atom. The molecule has 0 aliphatic carbocycles. The topological polar surface area (TPSA) is 82.7 Å². The molecule has 29 heavy (non-hydrogen) atoms. The number of carbonyl (C=O) groups is 1. The highest BCUT2D eigenvalue weighted by molar-refractivity contribution is 5.79. The Kier molecular flexibility index (Phi) is 6.10. The second-order valence-electron chi connectivity index (χ2n) is 8.04. The van der Waals surface area contributed by atoms with Crippen LogP contribution in [0.4, 0.5) is 0 Å². The average molecular weight is 401 g/mol. The van der Waals surface area contributed by atoms with E-state index in [4.69, 9.17) is 9.47 Å². The lowest BCUT2D eigenvalue weighted by atomic mass is 9.75. The van der Waals surface area contributed by atoms with Crippen molar-refractivity contribution in [1.82, 2.24) is 20.3 Å². The fraction of sp³-hybridized carbons (Fsp3) is 0.571. The molecule has 0 radical (unpaired) electrons. The van der Waals surface area contributed by atoms with Crippen molar-refractivity contribution in [2.24, 2.45) is 11.8 Å². The molecule has 2 N–H and O–H groups in total. The molecule has 8 nitrogen and oxygen atoms in total. The minimum absolute atomic E-state index is 0.123. The summed E-state index contributed by atoms with van der Waals surface area (Å²) >= 11 is 0. The number of methoxy groups -OCH3 is 2. The molecule has 3 aliphatic rings. The molecule has 0 saturated carbocycles. The highest BCUT2D eigenvalue weighted by atomic mass is 16.5. The van der Waals surface area contributed by atoms with Gasteiger partial charge >= 0.3 is 0 Å². The summed E-state index contributed by atoms with van der Waals surface area (Å²) in [5.41, 5.74) is 1.90. The molecule has 0 spiro atoms. The van der Waals surface area contributed by atoms with Gasteiger partial charge in [-0.1, -0.05) is 5.21 Å². The van der Waals surface area contributed by atoms with E-state index in [0.717, 1.165) is 49.5 Å². The van der Waals surface area contributed by atoms with Gasteiger partial charge in [0.25, 0.3) is 0 Å². The maximum absolute atomic E-state index is 12.5. The Labute approximate surface area is 171 Å². The van der Waals surface area contributed by atoms with Gasteiger partial charge in [0.05, 0.1) is 45.5 Å². The first-order valence-electron chi connectivity index (χ1n) is 10.3. The molecular formula is C21H30N5O3+. The molecule has 8 heteroatoms. The SMILES string of the molecule is COCCNC(=O)[C@H]1C[NH+]2CC[C@@H]1C[C@@H]2Cn1cc(-c2ccc(OC)cc2)nn1. The predicted molar refractivity (Wildman–Crippen MR) is 108 cm³/mol. The quantitative estimate of drug-likeness (QED) is 0.610. The number of hydrogen-bond donors (Lipinski definition) is 2. The molecule has 1 unspecified atom stereocenters. The molecule has 4 atom stereocenters. The van der Waals surface area contributed by atoms with E-state index in [9.17, 15) is 4.79 Å². The van der Waals surface area contributed by atoms with E-state index >= 15 is 0 Å². The van der Waals surface area contributed by atoms with Crippen LogP contribution in [0.3, 0.4) is 0 Å². The van der Waals surface area contributed by atoms with E-state index in [2.05, 4.69) is 15.6 Å². The number of fused-ring (bicyclic) bond motifs is 3. The van der Waals surface area contributed by atoms with Crippen molar-refractivity contribution in [2.75, 3.05) is 40.5 Å². The third kappa shape index (κ3) is 4.43. The van der Waals surface area contributed by atoms with Crippen molar-refractivity contribution in [3.8, 4) is 17.0 Å². The van der Waals surface area contributed by atoms with Crippen LogP contribution in [0.1, 0.15) is 12.8 Å². The highest BCUT2D eigenvalue weighted by Crippen LogP contribution is 2.28. The van der Waals surface area contributed by atoms with Gasteiger partial charge in [0.2, 0.25) is 5.91 Å². The maximum Gasteiger partial charge on any atom is 0.229 e. The van der Waals surface area contributed by atoms with E-state index in [1.807, 2.05) is 35.1 Å². The molecule has 4 heterocycles. The summed E-state index contributed by atoms with van der Waals surface area (Å²) in [6.45, 7) is 4.04. The first kappa shape index (κ1) is 19.8. The van der Waals surface area contributed by atoms with Gasteiger partial charge in [0, 0.05) is 32.1 Å². The lowest BCUT2D eigenvalue weighted by molar-refractivity contribution is -0.945. The molecule has 1 aromatic carbocycles. The average Bonchev–Trinajstić information content (AvgIpc) is 3.23. The van der Waals surface area contributed by atoms with Gasteiger partial charge in [-0.05, 0) is 30.2 Å². The Hall–Kier alpha value is -2.45. The van der Waals surface area contributed by atoms with Crippen LogP contribution in [-0.2, 0) is 16.1 Å². The first-order valence-corrected chi connectivity index (χ1v) is 10.3. The monoisotopic (exact) mass is 400 g/mol. The minimum atomic E-state index is 0.123. The second-order valence-corrected chi connectivity index (χ2v) is 8.04. The third-order valence-electron chi connectivity index (χ3n) is 6.33. The van der Waals surface area contributed by atoms with Crippen molar-refractivity contribution in [1.29, 1.82) is 0 Å². The summed E-state index contributed by atoms with van der Waals surface area (Å²) < 4.78 is 12.2. The van der Waals surface area contributed by atoms with E-state index in [1.54, 1.807) is 14.2 Å². The van der Waals surface area contributed by atoms with Gasteiger partial charge in [-0.15, -0.1) is 5.10 Å². The Morgan fingerprint density at radius 3 is 2.83 bits per heavy atom. The van der Waals surface area contributed by atoms with Crippen LogP contribution in [0.15, 0.2) is 30.5 Å². The minimum Gasteiger partial charge on any atom is -0.497 e. The van der Waals surface area contributed by atoms with Crippen LogP contribution in [0, 0.1) is 11.8 Å². The number of amides is 1. The highest BCUT2D eigenvalue weighted by Gasteiger charge is 2.46. The number of nitrogens with one attached hydrogen (secondary N) is 2. The zero-order valence-corrected chi connectivity index (χ0v) is 17.1. The number of nitrogens with zero attached hydrogens (tertiary/aromatic N) is 3. The standard InChI is InChI=1S/C21H29N5O3/c1-28-10-8-22-21(27)19-13-25-9-7-16(19)11-17(25)12-26-14-20(23-24-26)15-3-5-18(29-2)6-4-15/h3-6,14,16-17,19H,7-13H2,1-2H3,(H,22,27)/p+1/t16-,17-,19+/m1/s1. The summed E-state index contributed by atoms with van der Waals surface area (Å²) in [4.78, 5) is 14.0.